The summed E-state index contributed by atoms with van der Waals surface area (Å²) < 4.78 is 0. The van der Waals surface area contributed by atoms with Crippen LogP contribution in [0.5, 0.6) is 0 Å². The summed E-state index contributed by atoms with van der Waals surface area (Å²) in [4.78, 5) is 0. The molecule has 1 heterocycles. The fourth-order valence-electron chi connectivity index (χ4n) is 3.79. The van der Waals surface area contributed by atoms with Gasteiger partial charge in [-0.05, 0) is 0 Å². The van der Waals surface area contributed by atoms with Crippen LogP contribution < -0.4 is 10.6 Å². The van der Waals surface area contributed by atoms with Gasteiger partial charge in [0.2, 0.25) is 0 Å². The molecule has 0 atom stereocenters. The van der Waals surface area contributed by atoms with Crippen LogP contribution in [-0.4, -0.2) is 0 Å². The average Bonchev–Trinajstić information content (AvgIpc) is 2.85. The van der Waals surface area contributed by atoms with Gasteiger partial charge in [-0.2, -0.15) is 0 Å². The van der Waals surface area contributed by atoms with Crippen molar-refractivity contribution in [3.05, 3.63) is 144 Å². The SMILES string of the molecule is c1ccc(C2=C(c3ccccc3)NC(c3ccccc3)=C(c3ccccc3)N2)cc1. The zero-order valence-electron chi connectivity index (χ0n) is 16.5. The Kier molecular flexibility index (Phi) is 4.89. The van der Waals surface area contributed by atoms with Crippen molar-refractivity contribution in [3.63, 3.8) is 0 Å². The Labute approximate surface area is 177 Å². The first-order valence-corrected chi connectivity index (χ1v) is 10.1. The molecule has 0 saturated heterocycles. The summed E-state index contributed by atoms with van der Waals surface area (Å²) in [5.41, 5.74) is 8.85. The van der Waals surface area contributed by atoms with Crippen LogP contribution in [0.1, 0.15) is 22.3 Å². The minimum absolute atomic E-state index is 1.07. The van der Waals surface area contributed by atoms with E-state index < -0.39 is 0 Å². The molecule has 1 aliphatic heterocycles. The lowest BCUT2D eigenvalue weighted by molar-refractivity contribution is 1.11. The molecule has 0 spiro atoms. The smallest absolute Gasteiger partial charge is 0.0704 e. The fourth-order valence-corrected chi connectivity index (χ4v) is 3.79. The maximum Gasteiger partial charge on any atom is 0.0704 e. The van der Waals surface area contributed by atoms with Crippen LogP contribution in [0.2, 0.25) is 0 Å². The number of hydrogen-bond acceptors (Lipinski definition) is 2. The minimum Gasteiger partial charge on any atom is -0.351 e. The van der Waals surface area contributed by atoms with Crippen LogP contribution in [0.15, 0.2) is 121 Å². The molecule has 0 bridgehead atoms. The van der Waals surface area contributed by atoms with Crippen molar-refractivity contribution in [1.29, 1.82) is 0 Å². The normalized spacial score (nSPS) is 13.6. The van der Waals surface area contributed by atoms with Gasteiger partial charge in [0, 0.05) is 22.3 Å². The monoisotopic (exact) mass is 386 g/mol. The van der Waals surface area contributed by atoms with Gasteiger partial charge in [0.1, 0.15) is 0 Å². The summed E-state index contributed by atoms with van der Waals surface area (Å²) in [6.07, 6.45) is 0. The van der Waals surface area contributed by atoms with Gasteiger partial charge in [-0.15, -0.1) is 0 Å². The topological polar surface area (TPSA) is 24.1 Å². The van der Waals surface area contributed by atoms with Crippen molar-refractivity contribution >= 4 is 22.8 Å². The molecule has 0 aliphatic carbocycles. The molecule has 0 unspecified atom stereocenters. The molecule has 0 fully saturated rings. The number of benzene rings is 4. The highest BCUT2D eigenvalue weighted by Crippen LogP contribution is 2.35. The molecule has 5 rings (SSSR count). The highest BCUT2D eigenvalue weighted by atomic mass is 15.0. The Morgan fingerprint density at radius 2 is 0.467 bits per heavy atom. The van der Waals surface area contributed by atoms with Crippen LogP contribution in [-0.2, 0) is 0 Å². The van der Waals surface area contributed by atoms with E-state index in [4.69, 9.17) is 0 Å². The predicted octanol–water partition coefficient (Wildman–Crippen LogP) is 6.23. The maximum atomic E-state index is 3.78. The van der Waals surface area contributed by atoms with E-state index in [1.807, 2.05) is 24.3 Å². The molecular weight excluding hydrogens is 364 g/mol. The van der Waals surface area contributed by atoms with Gasteiger partial charge < -0.3 is 10.6 Å². The third-order valence-corrected chi connectivity index (χ3v) is 5.25. The molecule has 30 heavy (non-hydrogen) atoms. The highest BCUT2D eigenvalue weighted by Gasteiger charge is 2.23. The summed E-state index contributed by atoms with van der Waals surface area (Å²) in [5.74, 6) is 0. The Balaban J connectivity index is 1.72. The molecule has 2 N–H and O–H groups in total. The van der Waals surface area contributed by atoms with Crippen molar-refractivity contribution in [3.8, 4) is 0 Å². The standard InChI is InChI=1S/C28H22N2/c1-5-13-21(14-6-1)25-26(22-15-7-2-8-16-22)30-28(24-19-11-4-12-20-24)27(29-25)23-17-9-3-10-18-23/h1-20,29-30H. The van der Waals surface area contributed by atoms with Crippen LogP contribution in [0.25, 0.3) is 22.8 Å². The molecule has 0 saturated carbocycles. The number of nitrogens with one attached hydrogen (secondary N) is 2. The van der Waals surface area contributed by atoms with E-state index in [2.05, 4.69) is 108 Å². The van der Waals surface area contributed by atoms with Gasteiger partial charge in [-0.3, -0.25) is 0 Å². The van der Waals surface area contributed by atoms with Gasteiger partial charge >= 0.3 is 0 Å². The molecule has 0 amide bonds. The molecule has 2 nitrogen and oxygen atoms in total. The van der Waals surface area contributed by atoms with Gasteiger partial charge in [-0.25, -0.2) is 0 Å². The first kappa shape index (κ1) is 18.0. The van der Waals surface area contributed by atoms with Crippen LogP contribution in [0, 0.1) is 0 Å². The number of hydrogen-bond donors (Lipinski definition) is 2. The molecule has 0 aromatic heterocycles. The summed E-state index contributed by atoms with van der Waals surface area (Å²) in [5, 5.41) is 7.56. The minimum atomic E-state index is 1.07. The predicted molar refractivity (Wildman–Crippen MR) is 126 cm³/mol. The summed E-state index contributed by atoms with van der Waals surface area (Å²) >= 11 is 0. The first-order valence-electron chi connectivity index (χ1n) is 10.1. The van der Waals surface area contributed by atoms with E-state index >= 15 is 0 Å². The van der Waals surface area contributed by atoms with Gasteiger partial charge in [-0.1, -0.05) is 121 Å². The molecule has 144 valence electrons. The van der Waals surface area contributed by atoms with Gasteiger partial charge in [0.15, 0.2) is 0 Å². The van der Waals surface area contributed by atoms with E-state index in [1.54, 1.807) is 0 Å². The lowest BCUT2D eigenvalue weighted by Gasteiger charge is -2.30. The van der Waals surface area contributed by atoms with E-state index in [0.29, 0.717) is 0 Å². The molecule has 2 heteroatoms. The van der Waals surface area contributed by atoms with Crippen molar-refractivity contribution in [2.75, 3.05) is 0 Å². The first-order chi connectivity index (χ1) is 14.9. The molecule has 4 aromatic rings. The second-order valence-electron chi connectivity index (χ2n) is 7.21. The zero-order valence-corrected chi connectivity index (χ0v) is 16.5. The number of rotatable bonds is 4. The van der Waals surface area contributed by atoms with E-state index in [0.717, 1.165) is 45.0 Å². The summed E-state index contributed by atoms with van der Waals surface area (Å²) in [7, 11) is 0. The van der Waals surface area contributed by atoms with Crippen molar-refractivity contribution in [2.45, 2.75) is 0 Å². The second kappa shape index (κ2) is 8.14. The highest BCUT2D eigenvalue weighted by molar-refractivity contribution is 6.05. The van der Waals surface area contributed by atoms with Crippen LogP contribution >= 0.6 is 0 Å². The van der Waals surface area contributed by atoms with Crippen molar-refractivity contribution in [1.82, 2.24) is 10.6 Å². The lowest BCUT2D eigenvalue weighted by atomic mass is 9.97. The van der Waals surface area contributed by atoms with Crippen LogP contribution in [0.4, 0.5) is 0 Å². The molecule has 4 aromatic carbocycles. The summed E-state index contributed by atoms with van der Waals surface area (Å²) in [6, 6.07) is 41.9. The van der Waals surface area contributed by atoms with Crippen LogP contribution in [0.3, 0.4) is 0 Å². The second-order valence-corrected chi connectivity index (χ2v) is 7.21. The summed E-state index contributed by atoms with van der Waals surface area (Å²) in [6.45, 7) is 0. The molecule has 0 radical (unpaired) electrons. The fraction of sp³-hybridized carbons (Fsp3) is 0. The third kappa shape index (κ3) is 3.51. The van der Waals surface area contributed by atoms with Gasteiger partial charge in [0.25, 0.3) is 0 Å². The average molecular weight is 386 g/mol. The van der Waals surface area contributed by atoms with Crippen molar-refractivity contribution < 1.29 is 0 Å². The van der Waals surface area contributed by atoms with E-state index in [1.165, 1.54) is 0 Å². The Hall–Kier alpha value is -4.04. The third-order valence-electron chi connectivity index (χ3n) is 5.25. The Morgan fingerprint density at radius 1 is 0.267 bits per heavy atom. The quantitative estimate of drug-likeness (QED) is 0.434. The van der Waals surface area contributed by atoms with E-state index in [9.17, 15) is 0 Å². The Morgan fingerprint density at radius 3 is 0.667 bits per heavy atom. The Bertz CT molecular complexity index is 999. The van der Waals surface area contributed by atoms with Gasteiger partial charge in [0.05, 0.1) is 22.8 Å². The largest absolute Gasteiger partial charge is 0.351 e. The van der Waals surface area contributed by atoms with Crippen molar-refractivity contribution in [2.24, 2.45) is 0 Å². The molecular formula is C28H22N2. The molecule has 1 aliphatic rings. The maximum absolute atomic E-state index is 3.78. The lowest BCUT2D eigenvalue weighted by Crippen LogP contribution is -2.28. The van der Waals surface area contributed by atoms with E-state index in [-0.39, 0.29) is 0 Å². The zero-order chi connectivity index (χ0) is 20.2.